The Morgan fingerprint density at radius 1 is 0.739 bits per heavy atom. The molecule has 0 aromatic heterocycles. The van der Waals surface area contributed by atoms with Gasteiger partial charge in [0.05, 0.1) is 10.0 Å². The zero-order valence-corrected chi connectivity index (χ0v) is 13.6. The van der Waals surface area contributed by atoms with Crippen molar-refractivity contribution in [2.24, 2.45) is 0 Å². The van der Waals surface area contributed by atoms with Gasteiger partial charge in [-0.2, -0.15) is 0 Å². The molecule has 2 nitrogen and oxygen atoms in total. The van der Waals surface area contributed by atoms with Crippen LogP contribution in [0.2, 0.25) is 10.0 Å². The van der Waals surface area contributed by atoms with Crippen LogP contribution in [0.5, 0.6) is 0 Å². The highest BCUT2D eigenvalue weighted by molar-refractivity contribution is 6.42. The molecule has 4 heteroatoms. The van der Waals surface area contributed by atoms with Gasteiger partial charge in [0.1, 0.15) is 0 Å². The van der Waals surface area contributed by atoms with Gasteiger partial charge in [-0.05, 0) is 41.5 Å². The van der Waals surface area contributed by atoms with Gasteiger partial charge in [0.15, 0.2) is 0 Å². The quantitative estimate of drug-likeness (QED) is 0.630. The number of anilines is 1. The highest BCUT2D eigenvalue weighted by Crippen LogP contribution is 2.25. The first kappa shape index (κ1) is 15.6. The predicted molar refractivity (Wildman–Crippen MR) is 96.3 cm³/mol. The Morgan fingerprint density at radius 2 is 1.39 bits per heavy atom. The van der Waals surface area contributed by atoms with E-state index >= 15 is 0 Å². The molecule has 0 aliphatic heterocycles. The Labute approximate surface area is 144 Å². The summed E-state index contributed by atoms with van der Waals surface area (Å²) in [6, 6.07) is 22.5. The Hall–Kier alpha value is -2.29. The fourth-order valence-electron chi connectivity index (χ4n) is 2.22. The van der Waals surface area contributed by atoms with E-state index in [-0.39, 0.29) is 5.91 Å². The number of halogens is 2. The molecule has 0 unspecified atom stereocenters. The third-order valence-electron chi connectivity index (χ3n) is 3.43. The molecular weight excluding hydrogens is 329 g/mol. The molecule has 0 fully saturated rings. The van der Waals surface area contributed by atoms with Crippen molar-refractivity contribution in [1.82, 2.24) is 0 Å². The van der Waals surface area contributed by atoms with E-state index in [0.29, 0.717) is 21.3 Å². The van der Waals surface area contributed by atoms with E-state index < -0.39 is 0 Å². The Balaban J connectivity index is 1.76. The van der Waals surface area contributed by atoms with E-state index in [2.05, 4.69) is 5.32 Å². The van der Waals surface area contributed by atoms with Crippen molar-refractivity contribution in [2.45, 2.75) is 0 Å². The van der Waals surface area contributed by atoms with Crippen molar-refractivity contribution >= 4 is 34.8 Å². The molecule has 1 N–H and O–H groups in total. The maximum Gasteiger partial charge on any atom is 0.255 e. The smallest absolute Gasteiger partial charge is 0.255 e. The molecule has 0 atom stereocenters. The Bertz CT molecular complexity index is 830. The normalized spacial score (nSPS) is 10.3. The van der Waals surface area contributed by atoms with E-state index in [4.69, 9.17) is 23.2 Å². The molecule has 0 heterocycles. The lowest BCUT2D eigenvalue weighted by molar-refractivity contribution is 0.102. The fraction of sp³-hybridized carbons (Fsp3) is 0. The van der Waals surface area contributed by atoms with Crippen LogP contribution in [0.1, 0.15) is 10.4 Å². The molecule has 3 rings (SSSR count). The highest BCUT2D eigenvalue weighted by atomic mass is 35.5. The van der Waals surface area contributed by atoms with Gasteiger partial charge in [0, 0.05) is 11.3 Å². The summed E-state index contributed by atoms with van der Waals surface area (Å²) in [5.41, 5.74) is 3.37. The van der Waals surface area contributed by atoms with Gasteiger partial charge < -0.3 is 5.32 Å². The third-order valence-corrected chi connectivity index (χ3v) is 4.17. The number of carbonyl (C=O) groups is 1. The van der Waals surface area contributed by atoms with Crippen molar-refractivity contribution < 1.29 is 4.79 Å². The Morgan fingerprint density at radius 3 is 2.04 bits per heavy atom. The molecule has 0 saturated carbocycles. The van der Waals surface area contributed by atoms with Crippen molar-refractivity contribution in [3.05, 3.63) is 88.4 Å². The topological polar surface area (TPSA) is 29.1 Å². The van der Waals surface area contributed by atoms with Gasteiger partial charge in [0.2, 0.25) is 0 Å². The molecule has 0 radical (unpaired) electrons. The largest absolute Gasteiger partial charge is 0.322 e. The van der Waals surface area contributed by atoms with Crippen LogP contribution in [0.3, 0.4) is 0 Å². The minimum Gasteiger partial charge on any atom is -0.322 e. The SMILES string of the molecule is O=C(Nc1ccc(Cl)c(Cl)c1)c1ccc(-c2ccccc2)cc1. The molecular formula is C19H13Cl2NO. The molecule has 1 amide bonds. The third kappa shape index (κ3) is 3.73. The summed E-state index contributed by atoms with van der Waals surface area (Å²) >= 11 is 11.8. The number of rotatable bonds is 3. The van der Waals surface area contributed by atoms with E-state index in [0.717, 1.165) is 11.1 Å². The van der Waals surface area contributed by atoms with Crippen molar-refractivity contribution in [1.29, 1.82) is 0 Å². The predicted octanol–water partition coefficient (Wildman–Crippen LogP) is 5.91. The van der Waals surface area contributed by atoms with Gasteiger partial charge in [-0.25, -0.2) is 0 Å². The Kier molecular flexibility index (Phi) is 4.65. The summed E-state index contributed by atoms with van der Waals surface area (Å²) in [6.07, 6.45) is 0. The standard InChI is InChI=1S/C19H13Cl2NO/c20-17-11-10-16(12-18(17)21)22-19(23)15-8-6-14(7-9-15)13-4-2-1-3-5-13/h1-12H,(H,22,23). The summed E-state index contributed by atoms with van der Waals surface area (Å²) in [4.78, 5) is 12.3. The van der Waals surface area contributed by atoms with Crippen LogP contribution in [0.4, 0.5) is 5.69 Å². The van der Waals surface area contributed by atoms with Crippen LogP contribution in [0.25, 0.3) is 11.1 Å². The minimum atomic E-state index is -0.192. The molecule has 3 aromatic rings. The lowest BCUT2D eigenvalue weighted by Crippen LogP contribution is -2.11. The van der Waals surface area contributed by atoms with Crippen LogP contribution < -0.4 is 5.32 Å². The summed E-state index contributed by atoms with van der Waals surface area (Å²) in [7, 11) is 0. The maximum atomic E-state index is 12.3. The molecule has 114 valence electrons. The molecule has 0 spiro atoms. The van der Waals surface area contributed by atoms with E-state index in [1.54, 1.807) is 30.3 Å². The molecule has 23 heavy (non-hydrogen) atoms. The van der Waals surface area contributed by atoms with Crippen molar-refractivity contribution in [2.75, 3.05) is 5.32 Å². The van der Waals surface area contributed by atoms with E-state index in [1.165, 1.54) is 0 Å². The number of amides is 1. The lowest BCUT2D eigenvalue weighted by Gasteiger charge is -2.07. The van der Waals surface area contributed by atoms with E-state index in [1.807, 2.05) is 42.5 Å². The van der Waals surface area contributed by atoms with Gasteiger partial charge in [0.25, 0.3) is 5.91 Å². The summed E-state index contributed by atoms with van der Waals surface area (Å²) in [5.74, 6) is -0.192. The highest BCUT2D eigenvalue weighted by Gasteiger charge is 2.08. The summed E-state index contributed by atoms with van der Waals surface area (Å²) < 4.78 is 0. The van der Waals surface area contributed by atoms with Crippen LogP contribution in [0, 0.1) is 0 Å². The lowest BCUT2D eigenvalue weighted by atomic mass is 10.0. The molecule has 0 aliphatic rings. The molecule has 0 bridgehead atoms. The first-order chi connectivity index (χ1) is 11.1. The minimum absolute atomic E-state index is 0.192. The van der Waals surface area contributed by atoms with Crippen LogP contribution in [-0.2, 0) is 0 Å². The van der Waals surface area contributed by atoms with Crippen molar-refractivity contribution in [3.8, 4) is 11.1 Å². The average molecular weight is 342 g/mol. The number of carbonyl (C=O) groups excluding carboxylic acids is 1. The van der Waals surface area contributed by atoms with Crippen molar-refractivity contribution in [3.63, 3.8) is 0 Å². The van der Waals surface area contributed by atoms with Gasteiger partial charge >= 0.3 is 0 Å². The molecule has 0 saturated heterocycles. The fourth-order valence-corrected chi connectivity index (χ4v) is 2.52. The zero-order valence-electron chi connectivity index (χ0n) is 12.1. The second-order valence-corrected chi connectivity index (χ2v) is 5.84. The van der Waals surface area contributed by atoms with Gasteiger partial charge in [-0.1, -0.05) is 65.7 Å². The average Bonchev–Trinajstić information content (AvgIpc) is 2.59. The van der Waals surface area contributed by atoms with Crippen LogP contribution in [-0.4, -0.2) is 5.91 Å². The first-order valence-electron chi connectivity index (χ1n) is 7.05. The summed E-state index contributed by atoms with van der Waals surface area (Å²) in [6.45, 7) is 0. The number of benzene rings is 3. The number of nitrogens with one attached hydrogen (secondary N) is 1. The second kappa shape index (κ2) is 6.86. The van der Waals surface area contributed by atoms with Gasteiger partial charge in [-0.3, -0.25) is 4.79 Å². The first-order valence-corrected chi connectivity index (χ1v) is 7.81. The second-order valence-electron chi connectivity index (χ2n) is 5.03. The maximum absolute atomic E-state index is 12.3. The number of hydrogen-bond acceptors (Lipinski definition) is 1. The van der Waals surface area contributed by atoms with Crippen LogP contribution >= 0.6 is 23.2 Å². The number of hydrogen-bond donors (Lipinski definition) is 1. The van der Waals surface area contributed by atoms with Gasteiger partial charge in [-0.15, -0.1) is 0 Å². The molecule has 3 aromatic carbocycles. The summed E-state index contributed by atoms with van der Waals surface area (Å²) in [5, 5.41) is 3.67. The van der Waals surface area contributed by atoms with Crippen LogP contribution in [0.15, 0.2) is 72.8 Å². The van der Waals surface area contributed by atoms with E-state index in [9.17, 15) is 4.79 Å². The monoisotopic (exact) mass is 341 g/mol. The zero-order chi connectivity index (χ0) is 16.2. The molecule has 0 aliphatic carbocycles.